The van der Waals surface area contributed by atoms with Gasteiger partial charge in [0.2, 0.25) is 5.91 Å². The van der Waals surface area contributed by atoms with Crippen molar-refractivity contribution in [2.45, 2.75) is 77.6 Å². The number of nitriles is 1. The first-order valence-corrected chi connectivity index (χ1v) is 13.8. The summed E-state index contributed by atoms with van der Waals surface area (Å²) >= 11 is 0. The van der Waals surface area contributed by atoms with Crippen LogP contribution in [0.2, 0.25) is 0 Å². The molecule has 0 unspecified atom stereocenters. The lowest BCUT2D eigenvalue weighted by atomic mass is 9.86. The summed E-state index contributed by atoms with van der Waals surface area (Å²) in [6.07, 6.45) is 1.46. The summed E-state index contributed by atoms with van der Waals surface area (Å²) < 4.78 is 5.61. The van der Waals surface area contributed by atoms with Crippen LogP contribution < -0.4 is 10.2 Å². The molecule has 1 aromatic carbocycles. The van der Waals surface area contributed by atoms with E-state index in [2.05, 4.69) is 16.3 Å². The minimum Gasteiger partial charge on any atom is -0.444 e. The van der Waals surface area contributed by atoms with Gasteiger partial charge in [0.15, 0.2) is 0 Å². The number of carbonyl (C=O) groups excluding carboxylic acids is 3. The molecule has 0 saturated carbocycles. The molecule has 10 heteroatoms. The standard InChI is InChI=1S/C29H44N6O4/c1-20-8-9-21(2)35(28(38)39-29(3,4)5)25(20)26(36)31-23(19-30)18-22-10-12-24(13-11-22)33-14-16-34(17-15-33)27(37)32(6)7/h10-13,20-21,23,25H,8-9,14-18H2,1-7H3,(H,31,36)/t20-,21+,23+,25+/m1/s1. The monoisotopic (exact) mass is 540 g/mol. The molecule has 0 bridgehead atoms. The highest BCUT2D eigenvalue weighted by Crippen LogP contribution is 2.30. The van der Waals surface area contributed by atoms with Crippen molar-refractivity contribution in [3.8, 4) is 6.07 Å². The number of nitrogens with zero attached hydrogens (tertiary/aromatic N) is 5. The summed E-state index contributed by atoms with van der Waals surface area (Å²) in [5.41, 5.74) is 1.32. The smallest absolute Gasteiger partial charge is 0.411 e. The predicted molar refractivity (Wildman–Crippen MR) is 150 cm³/mol. The van der Waals surface area contributed by atoms with E-state index in [1.54, 1.807) is 44.7 Å². The highest BCUT2D eigenvalue weighted by Gasteiger charge is 2.43. The van der Waals surface area contributed by atoms with Gasteiger partial charge in [-0.05, 0) is 64.2 Å². The van der Waals surface area contributed by atoms with Crippen LogP contribution in [0.25, 0.3) is 0 Å². The molecule has 2 aliphatic heterocycles. The average molecular weight is 541 g/mol. The molecule has 0 aromatic heterocycles. The first kappa shape index (κ1) is 30.1. The van der Waals surface area contributed by atoms with Crippen LogP contribution in [-0.4, -0.2) is 96.7 Å². The van der Waals surface area contributed by atoms with E-state index < -0.39 is 23.8 Å². The van der Waals surface area contributed by atoms with E-state index >= 15 is 0 Å². The van der Waals surface area contributed by atoms with Gasteiger partial charge < -0.3 is 24.8 Å². The van der Waals surface area contributed by atoms with Crippen LogP contribution in [0, 0.1) is 17.2 Å². The fourth-order valence-electron chi connectivity index (χ4n) is 5.25. The number of urea groups is 1. The number of likely N-dealkylation sites (tertiary alicyclic amines) is 1. The molecule has 1 N–H and O–H groups in total. The molecule has 4 atom stereocenters. The summed E-state index contributed by atoms with van der Waals surface area (Å²) in [5, 5.41) is 12.7. The molecule has 2 heterocycles. The highest BCUT2D eigenvalue weighted by molar-refractivity contribution is 5.87. The Balaban J connectivity index is 1.62. The van der Waals surface area contributed by atoms with Crippen molar-refractivity contribution in [1.82, 2.24) is 20.0 Å². The number of hydrogen-bond donors (Lipinski definition) is 1. The van der Waals surface area contributed by atoms with Crippen LogP contribution in [0.1, 0.15) is 53.0 Å². The second-order valence-corrected chi connectivity index (χ2v) is 11.9. The van der Waals surface area contributed by atoms with Crippen LogP contribution in [0.4, 0.5) is 15.3 Å². The van der Waals surface area contributed by atoms with Crippen LogP contribution in [0.5, 0.6) is 0 Å². The van der Waals surface area contributed by atoms with Crippen LogP contribution in [-0.2, 0) is 16.0 Å². The number of benzene rings is 1. The van der Waals surface area contributed by atoms with E-state index in [4.69, 9.17) is 4.74 Å². The lowest BCUT2D eigenvalue weighted by Crippen LogP contribution is -2.60. The van der Waals surface area contributed by atoms with Crippen molar-refractivity contribution >= 4 is 23.7 Å². The molecule has 0 spiro atoms. The summed E-state index contributed by atoms with van der Waals surface area (Å²) in [4.78, 5) is 45.8. The number of hydrogen-bond acceptors (Lipinski definition) is 6. The summed E-state index contributed by atoms with van der Waals surface area (Å²) in [6, 6.07) is 8.67. The van der Waals surface area contributed by atoms with Crippen molar-refractivity contribution < 1.29 is 19.1 Å². The van der Waals surface area contributed by atoms with E-state index in [9.17, 15) is 19.6 Å². The minimum atomic E-state index is -0.728. The van der Waals surface area contributed by atoms with Crippen LogP contribution in [0.15, 0.2) is 24.3 Å². The Morgan fingerprint density at radius 3 is 2.23 bits per heavy atom. The minimum absolute atomic E-state index is 0.0286. The van der Waals surface area contributed by atoms with Gasteiger partial charge in [-0.3, -0.25) is 9.69 Å². The van der Waals surface area contributed by atoms with E-state index in [1.165, 1.54) is 0 Å². The molecule has 2 saturated heterocycles. The van der Waals surface area contributed by atoms with Gasteiger partial charge in [-0.2, -0.15) is 5.26 Å². The molecule has 4 amide bonds. The van der Waals surface area contributed by atoms with Gasteiger partial charge in [0.05, 0.1) is 6.07 Å². The number of ether oxygens (including phenoxy) is 1. The Kier molecular flexibility index (Phi) is 9.70. The summed E-state index contributed by atoms with van der Waals surface area (Å²) in [5.74, 6) is -0.381. The predicted octanol–water partition coefficient (Wildman–Crippen LogP) is 3.47. The molecule has 39 heavy (non-hydrogen) atoms. The second-order valence-electron chi connectivity index (χ2n) is 11.9. The third-order valence-corrected chi connectivity index (χ3v) is 7.37. The third kappa shape index (κ3) is 7.78. The lowest BCUT2D eigenvalue weighted by Gasteiger charge is -2.43. The van der Waals surface area contributed by atoms with Crippen LogP contribution in [0.3, 0.4) is 0 Å². The highest BCUT2D eigenvalue weighted by atomic mass is 16.6. The zero-order valence-electron chi connectivity index (χ0n) is 24.4. The van der Waals surface area contributed by atoms with Crippen molar-refractivity contribution in [3.05, 3.63) is 29.8 Å². The molecule has 214 valence electrons. The van der Waals surface area contributed by atoms with Gasteiger partial charge in [0.25, 0.3) is 0 Å². The van der Waals surface area contributed by atoms with Gasteiger partial charge in [-0.1, -0.05) is 19.1 Å². The Morgan fingerprint density at radius 1 is 1.08 bits per heavy atom. The maximum atomic E-state index is 13.4. The van der Waals surface area contributed by atoms with Gasteiger partial charge in [0, 0.05) is 58.4 Å². The normalized spacial score (nSPS) is 22.5. The van der Waals surface area contributed by atoms with E-state index in [0.29, 0.717) is 19.5 Å². The van der Waals surface area contributed by atoms with E-state index in [1.807, 2.05) is 43.0 Å². The Bertz CT molecular complexity index is 1050. The van der Waals surface area contributed by atoms with Gasteiger partial charge in [0.1, 0.15) is 17.7 Å². The number of carbonyl (C=O) groups is 3. The van der Waals surface area contributed by atoms with Crippen LogP contribution >= 0.6 is 0 Å². The second kappa shape index (κ2) is 12.6. The average Bonchev–Trinajstić information content (AvgIpc) is 2.88. The fraction of sp³-hybridized carbons (Fsp3) is 0.655. The topological polar surface area (TPSA) is 109 Å². The fourth-order valence-corrected chi connectivity index (χ4v) is 5.25. The number of anilines is 1. The van der Waals surface area contributed by atoms with Gasteiger partial charge in [-0.15, -0.1) is 0 Å². The summed E-state index contributed by atoms with van der Waals surface area (Å²) in [6.45, 7) is 12.1. The number of nitrogens with one attached hydrogen (secondary N) is 1. The number of piperazine rings is 1. The number of amides is 4. The van der Waals surface area contributed by atoms with Crippen molar-refractivity contribution in [1.29, 1.82) is 5.26 Å². The molecule has 0 aliphatic carbocycles. The Labute approximate surface area is 232 Å². The maximum Gasteiger partial charge on any atom is 0.411 e. The van der Waals surface area contributed by atoms with E-state index in [0.717, 1.165) is 37.2 Å². The lowest BCUT2D eigenvalue weighted by molar-refractivity contribution is -0.131. The van der Waals surface area contributed by atoms with Gasteiger partial charge >= 0.3 is 12.1 Å². The summed E-state index contributed by atoms with van der Waals surface area (Å²) in [7, 11) is 3.52. The molecule has 1 aromatic rings. The van der Waals surface area contributed by atoms with E-state index in [-0.39, 0.29) is 23.9 Å². The molecule has 10 nitrogen and oxygen atoms in total. The third-order valence-electron chi connectivity index (χ3n) is 7.37. The molecule has 2 fully saturated rings. The molecule has 3 rings (SSSR count). The first-order chi connectivity index (χ1) is 18.3. The zero-order chi connectivity index (χ0) is 28.9. The Hall–Kier alpha value is -3.48. The number of rotatable bonds is 5. The SMILES string of the molecule is C[C@@H]1CC[C@H](C)N(C(=O)OC(C)(C)C)[C@@H]1C(=O)N[C@H](C#N)Cc1ccc(N2CCN(C(=O)N(C)C)CC2)cc1. The Morgan fingerprint density at radius 2 is 1.69 bits per heavy atom. The molecular weight excluding hydrogens is 496 g/mol. The number of piperidine rings is 1. The molecule has 2 aliphatic rings. The molecule has 0 radical (unpaired) electrons. The van der Waals surface area contributed by atoms with Crippen molar-refractivity contribution in [2.24, 2.45) is 5.92 Å². The zero-order valence-corrected chi connectivity index (χ0v) is 24.4. The van der Waals surface area contributed by atoms with Crippen molar-refractivity contribution in [2.75, 3.05) is 45.2 Å². The maximum absolute atomic E-state index is 13.4. The van der Waals surface area contributed by atoms with Gasteiger partial charge in [-0.25, -0.2) is 9.59 Å². The first-order valence-electron chi connectivity index (χ1n) is 13.8. The molecular formula is C29H44N6O4. The van der Waals surface area contributed by atoms with Crippen molar-refractivity contribution in [3.63, 3.8) is 0 Å². The largest absolute Gasteiger partial charge is 0.444 e. The quantitative estimate of drug-likeness (QED) is 0.613.